The lowest BCUT2D eigenvalue weighted by molar-refractivity contribution is -0.141. The highest BCUT2D eigenvalue weighted by atomic mass is 16.5. The Morgan fingerprint density at radius 1 is 1.10 bits per heavy atom. The van der Waals surface area contributed by atoms with Crippen LogP contribution in [0.5, 0.6) is 17.2 Å². The highest BCUT2D eigenvalue weighted by molar-refractivity contribution is 5.69. The van der Waals surface area contributed by atoms with Crippen LogP contribution in [0.4, 0.5) is 0 Å². The van der Waals surface area contributed by atoms with Crippen LogP contribution in [0, 0.1) is 0 Å². The molecular weight excluding hydrogens is 260 g/mol. The molecule has 1 aromatic carbocycles. The molecule has 0 aliphatic heterocycles. The van der Waals surface area contributed by atoms with E-state index in [9.17, 15) is 4.79 Å². The molecule has 0 atom stereocenters. The Balaban J connectivity index is 2.85. The third-order valence-corrected chi connectivity index (χ3v) is 2.63. The smallest absolute Gasteiger partial charge is 0.305 e. The van der Waals surface area contributed by atoms with Gasteiger partial charge in [0.2, 0.25) is 5.75 Å². The van der Waals surface area contributed by atoms with E-state index in [-0.39, 0.29) is 12.6 Å². The molecule has 0 aliphatic rings. The maximum atomic E-state index is 11.0. The number of hydrogen-bond acceptors (Lipinski definition) is 5. The lowest BCUT2D eigenvalue weighted by Gasteiger charge is -2.12. The third-order valence-electron chi connectivity index (χ3n) is 2.63. The maximum Gasteiger partial charge on any atom is 0.305 e. The number of ether oxygens (including phenoxy) is 4. The second-order valence-corrected chi connectivity index (χ2v) is 3.90. The van der Waals surface area contributed by atoms with Gasteiger partial charge in [0.15, 0.2) is 11.5 Å². The van der Waals surface area contributed by atoms with Crippen LogP contribution in [-0.2, 0) is 9.53 Å². The molecule has 0 saturated carbocycles. The van der Waals surface area contributed by atoms with Gasteiger partial charge in [0.25, 0.3) is 0 Å². The van der Waals surface area contributed by atoms with Gasteiger partial charge in [0.05, 0.1) is 21.3 Å². The second-order valence-electron chi connectivity index (χ2n) is 3.90. The molecule has 0 spiro atoms. The van der Waals surface area contributed by atoms with Gasteiger partial charge in [-0.25, -0.2) is 0 Å². The summed E-state index contributed by atoms with van der Waals surface area (Å²) in [6, 6.07) is 3.64. The Hall–Kier alpha value is -2.17. The Morgan fingerprint density at radius 3 is 2.15 bits per heavy atom. The standard InChI is InChI=1S/C15H20O5/c1-5-14(16)20-8-6-7-11-9-12(17-2)15(19-4)13(10-11)18-3/h6-7,9-10H,5,8H2,1-4H3/b7-6+. The molecule has 0 radical (unpaired) electrons. The van der Waals surface area contributed by atoms with E-state index in [1.54, 1.807) is 34.3 Å². The maximum absolute atomic E-state index is 11.0. The molecule has 0 aromatic heterocycles. The number of hydrogen-bond donors (Lipinski definition) is 0. The number of esters is 1. The Kier molecular flexibility index (Phi) is 6.43. The second kappa shape index (κ2) is 8.09. The molecule has 0 unspecified atom stereocenters. The van der Waals surface area contributed by atoms with E-state index in [0.717, 1.165) is 5.56 Å². The molecule has 5 heteroatoms. The van der Waals surface area contributed by atoms with Crippen molar-refractivity contribution in [2.24, 2.45) is 0 Å². The van der Waals surface area contributed by atoms with Crippen LogP contribution in [0.2, 0.25) is 0 Å². The van der Waals surface area contributed by atoms with Gasteiger partial charge < -0.3 is 18.9 Å². The predicted octanol–water partition coefficient (Wildman–Crippen LogP) is 2.68. The van der Waals surface area contributed by atoms with Crippen molar-refractivity contribution in [1.29, 1.82) is 0 Å². The van der Waals surface area contributed by atoms with Crippen LogP contribution in [0.15, 0.2) is 18.2 Å². The summed E-state index contributed by atoms with van der Waals surface area (Å²) in [5.41, 5.74) is 0.868. The van der Waals surface area contributed by atoms with Crippen molar-refractivity contribution < 1.29 is 23.7 Å². The summed E-state index contributed by atoms with van der Waals surface area (Å²) in [6.07, 6.45) is 3.96. The van der Waals surface area contributed by atoms with E-state index in [2.05, 4.69) is 0 Å². The van der Waals surface area contributed by atoms with Crippen molar-refractivity contribution in [3.63, 3.8) is 0 Å². The molecule has 0 amide bonds. The first kappa shape index (κ1) is 15.9. The predicted molar refractivity (Wildman–Crippen MR) is 76.4 cm³/mol. The fraction of sp³-hybridized carbons (Fsp3) is 0.400. The number of carbonyl (C=O) groups excluding carboxylic acids is 1. The normalized spacial score (nSPS) is 10.4. The molecule has 0 fully saturated rings. The van der Waals surface area contributed by atoms with E-state index in [1.165, 1.54) is 0 Å². The Bertz CT molecular complexity index is 454. The lowest BCUT2D eigenvalue weighted by Crippen LogP contribution is -2.01. The zero-order valence-electron chi connectivity index (χ0n) is 12.3. The average molecular weight is 280 g/mol. The summed E-state index contributed by atoms with van der Waals surface area (Å²) in [7, 11) is 4.68. The van der Waals surface area contributed by atoms with Gasteiger partial charge in [-0.3, -0.25) is 4.79 Å². The fourth-order valence-electron chi connectivity index (χ4n) is 1.62. The van der Waals surface area contributed by atoms with Crippen molar-refractivity contribution >= 4 is 12.0 Å². The zero-order chi connectivity index (χ0) is 15.0. The fourth-order valence-corrected chi connectivity index (χ4v) is 1.62. The monoisotopic (exact) mass is 280 g/mol. The topological polar surface area (TPSA) is 54.0 Å². The van der Waals surface area contributed by atoms with Crippen molar-refractivity contribution in [2.75, 3.05) is 27.9 Å². The minimum atomic E-state index is -0.223. The molecule has 5 nitrogen and oxygen atoms in total. The Labute approximate surface area is 119 Å². The quantitative estimate of drug-likeness (QED) is 0.719. The van der Waals surface area contributed by atoms with Crippen LogP contribution in [0.3, 0.4) is 0 Å². The van der Waals surface area contributed by atoms with E-state index in [1.807, 2.05) is 18.2 Å². The first-order chi connectivity index (χ1) is 9.65. The number of methoxy groups -OCH3 is 3. The molecule has 0 heterocycles. The average Bonchev–Trinajstić information content (AvgIpc) is 2.49. The first-order valence-corrected chi connectivity index (χ1v) is 6.28. The van der Waals surface area contributed by atoms with E-state index in [4.69, 9.17) is 18.9 Å². The third kappa shape index (κ3) is 4.19. The van der Waals surface area contributed by atoms with E-state index < -0.39 is 0 Å². The minimum Gasteiger partial charge on any atom is -0.493 e. The first-order valence-electron chi connectivity index (χ1n) is 6.28. The molecular formula is C15H20O5. The molecule has 0 aliphatic carbocycles. The molecule has 1 rings (SSSR count). The van der Waals surface area contributed by atoms with Crippen LogP contribution in [-0.4, -0.2) is 33.9 Å². The molecule has 110 valence electrons. The van der Waals surface area contributed by atoms with Gasteiger partial charge in [-0.2, -0.15) is 0 Å². The lowest BCUT2D eigenvalue weighted by atomic mass is 10.1. The summed E-state index contributed by atoms with van der Waals surface area (Å²) in [5, 5.41) is 0. The molecule has 0 bridgehead atoms. The van der Waals surface area contributed by atoms with Gasteiger partial charge in [-0.1, -0.05) is 13.0 Å². The van der Waals surface area contributed by atoms with Gasteiger partial charge in [0, 0.05) is 6.42 Å². The van der Waals surface area contributed by atoms with Crippen molar-refractivity contribution in [1.82, 2.24) is 0 Å². The Morgan fingerprint density at radius 2 is 1.70 bits per heavy atom. The molecule has 20 heavy (non-hydrogen) atoms. The largest absolute Gasteiger partial charge is 0.493 e. The number of carbonyl (C=O) groups is 1. The highest BCUT2D eigenvalue weighted by Crippen LogP contribution is 2.38. The van der Waals surface area contributed by atoms with Gasteiger partial charge >= 0.3 is 5.97 Å². The highest BCUT2D eigenvalue weighted by Gasteiger charge is 2.11. The summed E-state index contributed by atoms with van der Waals surface area (Å²) in [6.45, 7) is 1.99. The van der Waals surface area contributed by atoms with Crippen molar-refractivity contribution in [3.8, 4) is 17.2 Å². The summed E-state index contributed by atoms with van der Waals surface area (Å²) in [4.78, 5) is 11.0. The van der Waals surface area contributed by atoms with E-state index >= 15 is 0 Å². The molecule has 0 N–H and O–H groups in total. The summed E-state index contributed by atoms with van der Waals surface area (Å²) in [5.74, 6) is 1.48. The van der Waals surface area contributed by atoms with E-state index in [0.29, 0.717) is 23.7 Å². The van der Waals surface area contributed by atoms with Gasteiger partial charge in [-0.05, 0) is 23.8 Å². The summed E-state index contributed by atoms with van der Waals surface area (Å²) >= 11 is 0. The van der Waals surface area contributed by atoms with Gasteiger partial charge in [-0.15, -0.1) is 0 Å². The number of benzene rings is 1. The number of rotatable bonds is 7. The van der Waals surface area contributed by atoms with Gasteiger partial charge in [0.1, 0.15) is 6.61 Å². The zero-order valence-corrected chi connectivity index (χ0v) is 12.3. The molecule has 1 aromatic rings. The SMILES string of the molecule is CCC(=O)OC/C=C/c1cc(OC)c(OC)c(OC)c1. The minimum absolute atomic E-state index is 0.223. The molecule has 0 saturated heterocycles. The van der Waals surface area contributed by atoms with Crippen LogP contribution < -0.4 is 14.2 Å². The van der Waals surface area contributed by atoms with Crippen molar-refractivity contribution in [2.45, 2.75) is 13.3 Å². The van der Waals surface area contributed by atoms with Crippen molar-refractivity contribution in [3.05, 3.63) is 23.8 Å². The van der Waals surface area contributed by atoms with Crippen LogP contribution in [0.25, 0.3) is 6.08 Å². The van der Waals surface area contributed by atoms with Crippen LogP contribution in [0.1, 0.15) is 18.9 Å². The van der Waals surface area contributed by atoms with Crippen LogP contribution >= 0.6 is 0 Å². The summed E-state index contributed by atoms with van der Waals surface area (Å²) < 4.78 is 20.7.